The Kier molecular flexibility index (Phi) is 5.16. The maximum absolute atomic E-state index is 12.5. The van der Waals surface area contributed by atoms with Crippen LogP contribution in [0.3, 0.4) is 0 Å². The number of aliphatic carboxylic acids is 1. The fourth-order valence-corrected chi connectivity index (χ4v) is 2.14. The van der Waals surface area contributed by atoms with E-state index in [2.05, 4.69) is 5.32 Å². The SMILES string of the molecule is CCCCNC(CC(=O)O)C(=O)c1ccc2c(c1)OCO2. The second-order valence-corrected chi connectivity index (χ2v) is 4.89. The van der Waals surface area contributed by atoms with Crippen molar-refractivity contribution in [3.63, 3.8) is 0 Å². The summed E-state index contributed by atoms with van der Waals surface area (Å²) in [5, 5.41) is 12.0. The first-order valence-corrected chi connectivity index (χ1v) is 7.01. The van der Waals surface area contributed by atoms with Gasteiger partial charge < -0.3 is 19.9 Å². The molecule has 21 heavy (non-hydrogen) atoms. The molecule has 1 atom stereocenters. The molecule has 0 saturated carbocycles. The van der Waals surface area contributed by atoms with E-state index in [0.717, 1.165) is 12.8 Å². The molecular weight excluding hydrogens is 274 g/mol. The molecule has 0 saturated heterocycles. The lowest BCUT2D eigenvalue weighted by Crippen LogP contribution is -2.39. The predicted molar refractivity (Wildman–Crippen MR) is 75.8 cm³/mol. The van der Waals surface area contributed by atoms with Gasteiger partial charge in [-0.2, -0.15) is 0 Å². The van der Waals surface area contributed by atoms with Gasteiger partial charge in [-0.05, 0) is 31.2 Å². The van der Waals surface area contributed by atoms with E-state index in [-0.39, 0.29) is 19.0 Å². The number of ether oxygens (including phenoxy) is 2. The number of carboxylic acids is 1. The van der Waals surface area contributed by atoms with Crippen LogP contribution in [0, 0.1) is 0 Å². The van der Waals surface area contributed by atoms with Crippen LogP contribution in [0.4, 0.5) is 0 Å². The molecule has 0 aliphatic carbocycles. The van der Waals surface area contributed by atoms with Gasteiger partial charge in [-0.25, -0.2) is 0 Å². The number of carbonyl (C=O) groups excluding carboxylic acids is 1. The first kappa shape index (κ1) is 15.3. The summed E-state index contributed by atoms with van der Waals surface area (Å²) in [7, 11) is 0. The molecule has 1 aliphatic rings. The molecule has 6 heteroatoms. The monoisotopic (exact) mass is 293 g/mol. The van der Waals surface area contributed by atoms with Crippen molar-refractivity contribution in [1.82, 2.24) is 5.32 Å². The van der Waals surface area contributed by atoms with Crippen molar-refractivity contribution in [2.75, 3.05) is 13.3 Å². The number of nitrogens with one attached hydrogen (secondary N) is 1. The number of rotatable bonds is 8. The zero-order valence-corrected chi connectivity index (χ0v) is 11.9. The van der Waals surface area contributed by atoms with Crippen molar-refractivity contribution in [3.8, 4) is 11.5 Å². The predicted octanol–water partition coefficient (Wildman–Crippen LogP) is 1.83. The van der Waals surface area contributed by atoms with E-state index in [0.29, 0.717) is 23.6 Å². The van der Waals surface area contributed by atoms with Crippen molar-refractivity contribution in [1.29, 1.82) is 0 Å². The molecule has 1 heterocycles. The van der Waals surface area contributed by atoms with Gasteiger partial charge in [0.05, 0.1) is 12.5 Å². The Bertz CT molecular complexity index is 529. The zero-order chi connectivity index (χ0) is 15.2. The van der Waals surface area contributed by atoms with E-state index in [1.165, 1.54) is 0 Å². The first-order chi connectivity index (χ1) is 10.1. The van der Waals surface area contributed by atoms with E-state index in [1.807, 2.05) is 6.92 Å². The third-order valence-corrected chi connectivity index (χ3v) is 3.27. The molecule has 114 valence electrons. The Morgan fingerprint density at radius 2 is 2.10 bits per heavy atom. The Labute approximate surface area is 123 Å². The quantitative estimate of drug-likeness (QED) is 0.562. The molecule has 1 aliphatic heterocycles. The maximum atomic E-state index is 12.5. The lowest BCUT2D eigenvalue weighted by molar-refractivity contribution is -0.137. The topological polar surface area (TPSA) is 84.9 Å². The second-order valence-electron chi connectivity index (χ2n) is 4.89. The van der Waals surface area contributed by atoms with Gasteiger partial charge in [0.25, 0.3) is 0 Å². The van der Waals surface area contributed by atoms with Gasteiger partial charge in [-0.15, -0.1) is 0 Å². The van der Waals surface area contributed by atoms with Crippen LogP contribution in [-0.2, 0) is 4.79 Å². The Balaban J connectivity index is 2.10. The van der Waals surface area contributed by atoms with Crippen molar-refractivity contribution in [2.24, 2.45) is 0 Å². The van der Waals surface area contributed by atoms with Crippen molar-refractivity contribution < 1.29 is 24.2 Å². The molecule has 2 N–H and O–H groups in total. The lowest BCUT2D eigenvalue weighted by Gasteiger charge is -2.16. The fraction of sp³-hybridized carbons (Fsp3) is 0.467. The summed E-state index contributed by atoms with van der Waals surface area (Å²) in [5.41, 5.74) is 0.425. The van der Waals surface area contributed by atoms with Crippen LogP contribution in [0.15, 0.2) is 18.2 Å². The Hall–Kier alpha value is -2.08. The minimum atomic E-state index is -1.00. The van der Waals surface area contributed by atoms with Gasteiger partial charge >= 0.3 is 5.97 Å². The summed E-state index contributed by atoms with van der Waals surface area (Å²) >= 11 is 0. The summed E-state index contributed by atoms with van der Waals surface area (Å²) in [6, 6.07) is 4.17. The molecule has 2 rings (SSSR count). The van der Waals surface area contributed by atoms with Gasteiger partial charge in [0.1, 0.15) is 0 Å². The molecule has 1 unspecified atom stereocenters. The van der Waals surface area contributed by atoms with Gasteiger partial charge in [0.15, 0.2) is 17.3 Å². The lowest BCUT2D eigenvalue weighted by atomic mass is 10.0. The molecule has 0 bridgehead atoms. The van der Waals surface area contributed by atoms with E-state index < -0.39 is 12.0 Å². The number of carboxylic acid groups (broad SMARTS) is 1. The third kappa shape index (κ3) is 3.95. The van der Waals surface area contributed by atoms with Crippen molar-refractivity contribution >= 4 is 11.8 Å². The molecule has 0 amide bonds. The molecular formula is C15H19NO5. The van der Waals surface area contributed by atoms with Gasteiger partial charge in [0.2, 0.25) is 6.79 Å². The minimum Gasteiger partial charge on any atom is -0.481 e. The number of benzene rings is 1. The summed E-state index contributed by atoms with van der Waals surface area (Å²) < 4.78 is 10.4. The summed E-state index contributed by atoms with van der Waals surface area (Å²) in [5.74, 6) is -0.131. The van der Waals surface area contributed by atoms with E-state index in [1.54, 1.807) is 18.2 Å². The van der Waals surface area contributed by atoms with Crippen LogP contribution in [0.5, 0.6) is 11.5 Å². The highest BCUT2D eigenvalue weighted by atomic mass is 16.7. The standard InChI is InChI=1S/C15H19NO5/c1-2-3-6-16-11(8-14(17)18)15(19)10-4-5-12-13(7-10)21-9-20-12/h4-5,7,11,16H,2-3,6,8-9H2,1H3,(H,17,18). The third-order valence-electron chi connectivity index (χ3n) is 3.27. The number of unbranched alkanes of at least 4 members (excludes halogenated alkanes) is 1. The smallest absolute Gasteiger partial charge is 0.305 e. The number of carbonyl (C=O) groups is 2. The molecule has 0 radical (unpaired) electrons. The van der Waals surface area contributed by atoms with Crippen molar-refractivity contribution in [3.05, 3.63) is 23.8 Å². The summed E-state index contributed by atoms with van der Waals surface area (Å²) in [6.45, 7) is 2.79. The minimum absolute atomic E-state index is 0.139. The molecule has 0 aromatic heterocycles. The average molecular weight is 293 g/mol. The van der Waals surface area contributed by atoms with Crippen LogP contribution in [0.25, 0.3) is 0 Å². The fourth-order valence-electron chi connectivity index (χ4n) is 2.14. The molecule has 0 fully saturated rings. The van der Waals surface area contributed by atoms with E-state index >= 15 is 0 Å². The largest absolute Gasteiger partial charge is 0.481 e. The number of hydrogen-bond donors (Lipinski definition) is 2. The molecule has 0 spiro atoms. The second kappa shape index (κ2) is 7.08. The molecule has 6 nitrogen and oxygen atoms in total. The number of Topliss-reactive ketones (excluding diaryl/α,β-unsaturated/α-hetero) is 1. The van der Waals surface area contributed by atoms with Crippen LogP contribution in [-0.4, -0.2) is 36.2 Å². The number of hydrogen-bond acceptors (Lipinski definition) is 5. The van der Waals surface area contributed by atoms with Gasteiger partial charge in [-0.1, -0.05) is 13.3 Å². The molecule has 1 aromatic carbocycles. The van der Waals surface area contributed by atoms with Gasteiger partial charge in [-0.3, -0.25) is 9.59 Å². The van der Waals surface area contributed by atoms with Crippen molar-refractivity contribution in [2.45, 2.75) is 32.2 Å². The maximum Gasteiger partial charge on any atom is 0.305 e. The van der Waals surface area contributed by atoms with Crippen LogP contribution in [0.2, 0.25) is 0 Å². The van der Waals surface area contributed by atoms with E-state index in [4.69, 9.17) is 14.6 Å². The first-order valence-electron chi connectivity index (χ1n) is 7.01. The van der Waals surface area contributed by atoms with Crippen LogP contribution in [0.1, 0.15) is 36.5 Å². The van der Waals surface area contributed by atoms with Crippen LogP contribution < -0.4 is 14.8 Å². The normalized spacial score (nSPS) is 14.0. The highest BCUT2D eigenvalue weighted by Crippen LogP contribution is 2.32. The molecule has 1 aromatic rings. The Morgan fingerprint density at radius 3 is 2.81 bits per heavy atom. The highest BCUT2D eigenvalue weighted by Gasteiger charge is 2.24. The summed E-state index contributed by atoms with van der Waals surface area (Å²) in [4.78, 5) is 23.4. The zero-order valence-electron chi connectivity index (χ0n) is 11.9. The average Bonchev–Trinajstić information content (AvgIpc) is 2.92. The van der Waals surface area contributed by atoms with Gasteiger partial charge in [0, 0.05) is 5.56 Å². The van der Waals surface area contributed by atoms with E-state index in [9.17, 15) is 9.59 Å². The Morgan fingerprint density at radius 1 is 1.33 bits per heavy atom. The van der Waals surface area contributed by atoms with Crippen LogP contribution >= 0.6 is 0 Å². The highest BCUT2D eigenvalue weighted by molar-refractivity contribution is 6.02. The number of ketones is 1. The number of fused-ring (bicyclic) bond motifs is 1. The summed E-state index contributed by atoms with van der Waals surface area (Å²) in [6.07, 6.45) is 1.63.